The van der Waals surface area contributed by atoms with E-state index in [0.717, 1.165) is 12.0 Å². The summed E-state index contributed by atoms with van der Waals surface area (Å²) < 4.78 is 26.9. The van der Waals surface area contributed by atoms with Gasteiger partial charge in [0.1, 0.15) is 0 Å². The van der Waals surface area contributed by atoms with Crippen LogP contribution in [0.3, 0.4) is 0 Å². The normalized spacial score (nSPS) is 20.8. The molecule has 1 unspecified atom stereocenters. The minimum absolute atomic E-state index is 0.0382. The zero-order valence-corrected chi connectivity index (χ0v) is 12.8. The molecule has 1 aromatic rings. The zero-order valence-electron chi connectivity index (χ0n) is 12.0. The lowest BCUT2D eigenvalue weighted by atomic mass is 10.1. The third kappa shape index (κ3) is 2.74. The van der Waals surface area contributed by atoms with Gasteiger partial charge in [0, 0.05) is 12.6 Å². The maximum Gasteiger partial charge on any atom is 0.243 e. The van der Waals surface area contributed by atoms with Crippen molar-refractivity contribution in [1.29, 1.82) is 0 Å². The molecule has 4 heteroatoms. The Morgan fingerprint density at radius 1 is 1.21 bits per heavy atom. The number of nitrogens with zero attached hydrogens (tertiary/aromatic N) is 1. The standard InChI is InChI=1S/C15H21NO2S/c1-11(2)14-9-13(4)16(10-14)19(17,18)15-7-5-12(3)6-8-15/h5-8,13H,9-10H2,1-4H3. The number of sulfonamides is 1. The van der Waals surface area contributed by atoms with Crippen molar-refractivity contribution in [2.75, 3.05) is 6.54 Å². The van der Waals surface area contributed by atoms with Gasteiger partial charge < -0.3 is 0 Å². The van der Waals surface area contributed by atoms with Gasteiger partial charge in [-0.05, 0) is 46.2 Å². The summed E-state index contributed by atoms with van der Waals surface area (Å²) in [6.45, 7) is 8.55. The van der Waals surface area contributed by atoms with Crippen molar-refractivity contribution in [1.82, 2.24) is 4.31 Å². The lowest BCUT2D eigenvalue weighted by Gasteiger charge is -2.20. The predicted molar refractivity (Wildman–Crippen MR) is 77.5 cm³/mol. The number of rotatable bonds is 2. The van der Waals surface area contributed by atoms with E-state index in [9.17, 15) is 8.42 Å². The maximum atomic E-state index is 12.6. The van der Waals surface area contributed by atoms with Crippen LogP contribution in [-0.2, 0) is 10.0 Å². The molecule has 1 aliphatic heterocycles. The first-order chi connectivity index (χ1) is 8.82. The first-order valence-corrected chi connectivity index (χ1v) is 8.00. The molecule has 1 aliphatic rings. The topological polar surface area (TPSA) is 37.4 Å². The van der Waals surface area contributed by atoms with Gasteiger partial charge >= 0.3 is 0 Å². The molecule has 0 N–H and O–H groups in total. The summed E-state index contributed by atoms with van der Waals surface area (Å²) >= 11 is 0. The monoisotopic (exact) mass is 279 g/mol. The largest absolute Gasteiger partial charge is 0.243 e. The summed E-state index contributed by atoms with van der Waals surface area (Å²) in [7, 11) is -3.37. The minimum atomic E-state index is -3.37. The molecule has 0 aliphatic carbocycles. The van der Waals surface area contributed by atoms with Crippen molar-refractivity contribution in [2.24, 2.45) is 0 Å². The van der Waals surface area contributed by atoms with Crippen LogP contribution in [0.15, 0.2) is 40.3 Å². The number of hydrogen-bond donors (Lipinski definition) is 0. The van der Waals surface area contributed by atoms with Crippen molar-refractivity contribution in [3.05, 3.63) is 41.0 Å². The number of aryl methyl sites for hydroxylation is 1. The van der Waals surface area contributed by atoms with Crippen LogP contribution >= 0.6 is 0 Å². The summed E-state index contributed by atoms with van der Waals surface area (Å²) in [6.07, 6.45) is 0.841. The van der Waals surface area contributed by atoms with Crippen molar-refractivity contribution in [3.63, 3.8) is 0 Å². The third-order valence-electron chi connectivity index (χ3n) is 3.71. The van der Waals surface area contributed by atoms with E-state index in [1.54, 1.807) is 16.4 Å². The summed E-state index contributed by atoms with van der Waals surface area (Å²) in [6, 6.07) is 7.11. The second kappa shape index (κ2) is 5.10. The zero-order chi connectivity index (χ0) is 14.2. The molecule has 3 nitrogen and oxygen atoms in total. The molecule has 0 amide bonds. The highest BCUT2D eigenvalue weighted by molar-refractivity contribution is 7.89. The first-order valence-electron chi connectivity index (χ1n) is 6.56. The van der Waals surface area contributed by atoms with Crippen LogP contribution in [0.25, 0.3) is 0 Å². The molecule has 19 heavy (non-hydrogen) atoms. The summed E-state index contributed by atoms with van der Waals surface area (Å²) in [5.41, 5.74) is 3.54. The predicted octanol–water partition coefficient (Wildman–Crippen LogP) is 3.11. The molecule has 1 heterocycles. The Hall–Kier alpha value is -1.13. The Morgan fingerprint density at radius 2 is 1.79 bits per heavy atom. The number of hydrogen-bond acceptors (Lipinski definition) is 2. The first kappa shape index (κ1) is 14.3. The fourth-order valence-electron chi connectivity index (χ4n) is 2.40. The van der Waals surface area contributed by atoms with Crippen LogP contribution in [0.2, 0.25) is 0 Å². The van der Waals surface area contributed by atoms with Crippen LogP contribution in [0.1, 0.15) is 32.8 Å². The average molecular weight is 279 g/mol. The third-order valence-corrected chi connectivity index (χ3v) is 5.69. The summed E-state index contributed by atoms with van der Waals surface area (Å²) in [5.74, 6) is 0. The maximum absolute atomic E-state index is 12.6. The van der Waals surface area contributed by atoms with Gasteiger partial charge in [-0.15, -0.1) is 0 Å². The van der Waals surface area contributed by atoms with Gasteiger partial charge in [-0.2, -0.15) is 4.31 Å². The fourth-order valence-corrected chi connectivity index (χ4v) is 4.02. The molecule has 0 bridgehead atoms. The molecule has 1 atom stereocenters. The van der Waals surface area contributed by atoms with Gasteiger partial charge in [0.25, 0.3) is 0 Å². The van der Waals surface area contributed by atoms with Crippen molar-refractivity contribution in [2.45, 2.75) is 45.1 Å². The van der Waals surface area contributed by atoms with E-state index in [1.807, 2.05) is 39.8 Å². The summed E-state index contributed by atoms with van der Waals surface area (Å²) in [4.78, 5) is 0.389. The molecule has 1 fully saturated rings. The molecular weight excluding hydrogens is 258 g/mol. The van der Waals surface area contributed by atoms with Gasteiger partial charge in [0.05, 0.1) is 4.90 Å². The van der Waals surface area contributed by atoms with E-state index in [1.165, 1.54) is 11.1 Å². The lowest BCUT2D eigenvalue weighted by molar-refractivity contribution is 0.409. The van der Waals surface area contributed by atoms with E-state index < -0.39 is 10.0 Å². The molecule has 1 saturated heterocycles. The minimum Gasteiger partial charge on any atom is -0.207 e. The highest BCUT2D eigenvalue weighted by atomic mass is 32.2. The Kier molecular flexibility index (Phi) is 3.83. The Labute approximate surface area is 116 Å². The van der Waals surface area contributed by atoms with Crippen molar-refractivity contribution in [3.8, 4) is 0 Å². The van der Waals surface area contributed by atoms with E-state index in [2.05, 4.69) is 0 Å². The molecule has 0 aromatic heterocycles. The second-order valence-electron chi connectivity index (χ2n) is 5.52. The second-order valence-corrected chi connectivity index (χ2v) is 7.41. The van der Waals surface area contributed by atoms with Crippen LogP contribution in [0, 0.1) is 6.92 Å². The SMILES string of the molecule is CC(C)=C1CC(C)N(S(=O)(=O)c2ccc(C)cc2)C1. The lowest BCUT2D eigenvalue weighted by Crippen LogP contribution is -2.33. The number of benzene rings is 1. The van der Waals surface area contributed by atoms with E-state index in [0.29, 0.717) is 11.4 Å². The highest BCUT2D eigenvalue weighted by Gasteiger charge is 2.35. The average Bonchev–Trinajstić information content (AvgIpc) is 2.73. The molecule has 104 valence electrons. The van der Waals surface area contributed by atoms with Gasteiger partial charge in [0.2, 0.25) is 10.0 Å². The molecule has 1 aromatic carbocycles. The van der Waals surface area contributed by atoms with Crippen LogP contribution < -0.4 is 0 Å². The molecule has 0 saturated carbocycles. The smallest absolute Gasteiger partial charge is 0.207 e. The fraction of sp³-hybridized carbons (Fsp3) is 0.467. The highest BCUT2D eigenvalue weighted by Crippen LogP contribution is 2.30. The number of allylic oxidation sites excluding steroid dienone is 1. The van der Waals surface area contributed by atoms with E-state index >= 15 is 0 Å². The molecular formula is C15H21NO2S. The quantitative estimate of drug-likeness (QED) is 0.780. The molecule has 2 rings (SSSR count). The van der Waals surface area contributed by atoms with Crippen LogP contribution in [0.5, 0.6) is 0 Å². The van der Waals surface area contributed by atoms with Crippen LogP contribution in [0.4, 0.5) is 0 Å². The van der Waals surface area contributed by atoms with Gasteiger partial charge in [-0.1, -0.05) is 28.8 Å². The Morgan fingerprint density at radius 3 is 2.26 bits per heavy atom. The molecule has 0 radical (unpaired) electrons. The van der Waals surface area contributed by atoms with E-state index in [-0.39, 0.29) is 6.04 Å². The van der Waals surface area contributed by atoms with E-state index in [4.69, 9.17) is 0 Å². The van der Waals surface area contributed by atoms with Crippen molar-refractivity contribution >= 4 is 10.0 Å². The van der Waals surface area contributed by atoms with Gasteiger partial charge in [-0.25, -0.2) is 8.42 Å². The summed E-state index contributed by atoms with van der Waals surface area (Å²) in [5, 5.41) is 0. The van der Waals surface area contributed by atoms with Crippen LogP contribution in [-0.4, -0.2) is 25.3 Å². The Balaban J connectivity index is 2.36. The van der Waals surface area contributed by atoms with Gasteiger partial charge in [-0.3, -0.25) is 0 Å². The molecule has 0 spiro atoms. The van der Waals surface area contributed by atoms with Crippen molar-refractivity contribution < 1.29 is 8.42 Å². The van der Waals surface area contributed by atoms with Gasteiger partial charge in [0.15, 0.2) is 0 Å². The Bertz CT molecular complexity index is 596.